The van der Waals surface area contributed by atoms with E-state index in [0.29, 0.717) is 22.6 Å². The summed E-state index contributed by atoms with van der Waals surface area (Å²) in [6, 6.07) is 17.0. The van der Waals surface area contributed by atoms with Gasteiger partial charge in [-0.25, -0.2) is 0 Å². The van der Waals surface area contributed by atoms with Crippen LogP contribution in [-0.2, 0) is 30.1 Å². The van der Waals surface area contributed by atoms with Crippen LogP contribution in [0.5, 0.6) is 11.5 Å². The first-order valence-corrected chi connectivity index (χ1v) is 11.2. The van der Waals surface area contributed by atoms with Gasteiger partial charge in [-0.3, -0.25) is 19.1 Å². The van der Waals surface area contributed by atoms with Crippen molar-refractivity contribution in [1.29, 1.82) is 0 Å². The SMILES string of the molecule is CCOC(=O)C(c1ccc(OC(C)=O)cc1)(c1ccc(OS(=O)(=O)O)cc1)c1ccccn1.[Na]. The van der Waals surface area contributed by atoms with Gasteiger partial charge in [0, 0.05) is 42.7 Å². The number of nitrogens with zero attached hydrogens (tertiary/aromatic N) is 1. The monoisotopic (exact) mass is 494 g/mol. The molecule has 0 bridgehead atoms. The molecule has 0 spiro atoms. The van der Waals surface area contributed by atoms with E-state index < -0.39 is 27.8 Å². The number of aromatic nitrogens is 1. The van der Waals surface area contributed by atoms with E-state index >= 15 is 0 Å². The number of hydrogen-bond acceptors (Lipinski definition) is 8. The van der Waals surface area contributed by atoms with Gasteiger partial charge in [-0.05, 0) is 54.4 Å². The van der Waals surface area contributed by atoms with Crippen LogP contribution in [0.2, 0.25) is 0 Å². The Bertz CT molecular complexity index is 1230. The molecule has 0 aliphatic heterocycles. The van der Waals surface area contributed by atoms with Gasteiger partial charge in [-0.1, -0.05) is 30.3 Å². The maximum atomic E-state index is 13.5. The van der Waals surface area contributed by atoms with Crippen LogP contribution in [-0.4, -0.2) is 66.1 Å². The van der Waals surface area contributed by atoms with Crippen molar-refractivity contribution in [1.82, 2.24) is 4.98 Å². The van der Waals surface area contributed by atoms with E-state index in [-0.39, 0.29) is 41.9 Å². The van der Waals surface area contributed by atoms with Crippen LogP contribution in [0.15, 0.2) is 72.9 Å². The molecule has 2 aromatic carbocycles. The fourth-order valence-electron chi connectivity index (χ4n) is 3.45. The largest absolute Gasteiger partial charge is 0.465 e. The van der Waals surface area contributed by atoms with E-state index in [1.165, 1.54) is 37.4 Å². The molecule has 1 atom stereocenters. The van der Waals surface area contributed by atoms with Gasteiger partial charge in [0.25, 0.3) is 0 Å². The fraction of sp³-hybridized carbons (Fsp3) is 0.174. The summed E-state index contributed by atoms with van der Waals surface area (Å²) >= 11 is 0. The molecule has 173 valence electrons. The molecule has 9 nitrogen and oxygen atoms in total. The molecule has 34 heavy (non-hydrogen) atoms. The van der Waals surface area contributed by atoms with E-state index in [2.05, 4.69) is 9.17 Å². The summed E-state index contributed by atoms with van der Waals surface area (Å²) in [6.45, 7) is 3.05. The van der Waals surface area contributed by atoms with Crippen molar-refractivity contribution < 1.29 is 36.2 Å². The first kappa shape index (κ1) is 27.5. The number of carbonyl (C=O) groups is 2. The quantitative estimate of drug-likeness (QED) is 0.217. The Hall–Kier alpha value is -2.76. The van der Waals surface area contributed by atoms with Crippen molar-refractivity contribution >= 4 is 51.9 Å². The molecule has 1 unspecified atom stereocenters. The van der Waals surface area contributed by atoms with Gasteiger partial charge in [0.2, 0.25) is 0 Å². The van der Waals surface area contributed by atoms with Crippen molar-refractivity contribution in [2.45, 2.75) is 19.3 Å². The van der Waals surface area contributed by atoms with Gasteiger partial charge in [-0.15, -0.1) is 0 Å². The first-order valence-electron chi connectivity index (χ1n) is 9.82. The molecule has 3 aromatic rings. The zero-order valence-electron chi connectivity index (χ0n) is 18.8. The second-order valence-corrected chi connectivity index (χ2v) is 7.86. The molecule has 0 saturated heterocycles. The molecule has 1 aromatic heterocycles. The standard InChI is InChI=1S/C23H21NO8S.Na/c1-3-30-22(26)23(21-6-4-5-15-24-21,17-7-11-19(12-8-17)31-16(2)25)18-9-13-20(14-10-18)32-33(27,28)29;/h4-15H,3H2,1-2H3,(H,27,28,29);. The number of esters is 2. The molecule has 11 heteroatoms. The summed E-state index contributed by atoms with van der Waals surface area (Å²) in [5.41, 5.74) is -0.309. The van der Waals surface area contributed by atoms with Crippen LogP contribution in [0.3, 0.4) is 0 Å². The average molecular weight is 494 g/mol. The summed E-state index contributed by atoms with van der Waals surface area (Å²) in [5, 5.41) is 0. The van der Waals surface area contributed by atoms with Gasteiger partial charge >= 0.3 is 22.3 Å². The molecule has 0 saturated carbocycles. The number of hydrogen-bond donors (Lipinski definition) is 1. The minimum atomic E-state index is -4.71. The molecule has 1 heterocycles. The van der Waals surface area contributed by atoms with Crippen molar-refractivity contribution in [3.05, 3.63) is 89.7 Å². The number of benzene rings is 2. The van der Waals surface area contributed by atoms with Crippen LogP contribution in [0.25, 0.3) is 0 Å². The van der Waals surface area contributed by atoms with Crippen LogP contribution in [0.1, 0.15) is 30.7 Å². The maximum absolute atomic E-state index is 13.5. The molecule has 1 N–H and O–H groups in total. The third-order valence-corrected chi connectivity index (χ3v) is 5.07. The second kappa shape index (κ2) is 11.6. The van der Waals surface area contributed by atoms with E-state index in [9.17, 15) is 18.0 Å². The molecular weight excluding hydrogens is 473 g/mol. The predicted octanol–water partition coefficient (Wildman–Crippen LogP) is 2.71. The van der Waals surface area contributed by atoms with Crippen LogP contribution < -0.4 is 8.92 Å². The zero-order chi connectivity index (χ0) is 24.1. The van der Waals surface area contributed by atoms with Crippen molar-refractivity contribution in [3.8, 4) is 11.5 Å². The van der Waals surface area contributed by atoms with Crippen LogP contribution in [0.4, 0.5) is 0 Å². The Morgan fingerprint density at radius 2 is 1.50 bits per heavy atom. The molecule has 1 radical (unpaired) electrons. The topological polar surface area (TPSA) is 129 Å². The van der Waals surface area contributed by atoms with Gasteiger partial charge in [-0.2, -0.15) is 8.42 Å². The van der Waals surface area contributed by atoms with Crippen molar-refractivity contribution in [2.24, 2.45) is 0 Å². The zero-order valence-corrected chi connectivity index (χ0v) is 21.6. The molecule has 0 fully saturated rings. The van der Waals surface area contributed by atoms with Gasteiger partial charge < -0.3 is 13.7 Å². The van der Waals surface area contributed by atoms with Crippen molar-refractivity contribution in [3.63, 3.8) is 0 Å². The Morgan fingerprint density at radius 3 is 1.94 bits per heavy atom. The minimum Gasteiger partial charge on any atom is -0.465 e. The summed E-state index contributed by atoms with van der Waals surface area (Å²) in [7, 11) is -4.71. The Morgan fingerprint density at radius 1 is 0.941 bits per heavy atom. The van der Waals surface area contributed by atoms with Gasteiger partial charge in [0.05, 0.1) is 12.3 Å². The normalized spacial score (nSPS) is 12.6. The summed E-state index contributed by atoms with van der Waals surface area (Å²) in [6.07, 6.45) is 1.53. The van der Waals surface area contributed by atoms with Gasteiger partial charge in [0.1, 0.15) is 11.5 Å². The maximum Gasteiger partial charge on any atom is 0.446 e. The predicted molar refractivity (Wildman–Crippen MR) is 123 cm³/mol. The van der Waals surface area contributed by atoms with Crippen molar-refractivity contribution in [2.75, 3.05) is 6.61 Å². The molecule has 0 aliphatic carbocycles. The first-order chi connectivity index (χ1) is 15.7. The molecule has 3 rings (SSSR count). The average Bonchev–Trinajstić information content (AvgIpc) is 2.76. The minimum absolute atomic E-state index is 0. The summed E-state index contributed by atoms with van der Waals surface area (Å²) in [5.74, 6) is -0.960. The number of ether oxygens (including phenoxy) is 2. The Kier molecular flexibility index (Phi) is 9.37. The van der Waals surface area contributed by atoms with E-state index in [0.717, 1.165) is 0 Å². The van der Waals surface area contributed by atoms with E-state index in [4.69, 9.17) is 14.0 Å². The number of pyridine rings is 1. The smallest absolute Gasteiger partial charge is 0.446 e. The fourth-order valence-corrected chi connectivity index (χ4v) is 3.80. The number of rotatable bonds is 8. The molecular formula is C23H21NNaO8S. The van der Waals surface area contributed by atoms with Crippen LogP contribution >= 0.6 is 0 Å². The summed E-state index contributed by atoms with van der Waals surface area (Å²) in [4.78, 5) is 29.2. The molecule has 0 amide bonds. The summed E-state index contributed by atoms with van der Waals surface area (Å²) < 4.78 is 46.0. The molecule has 0 aliphatic rings. The Balaban J connectivity index is 0.00000408. The number of carbonyl (C=O) groups excluding carboxylic acids is 2. The van der Waals surface area contributed by atoms with Crippen LogP contribution in [0, 0.1) is 0 Å². The third-order valence-electron chi connectivity index (χ3n) is 4.67. The van der Waals surface area contributed by atoms with Gasteiger partial charge in [0.15, 0.2) is 5.41 Å². The van der Waals surface area contributed by atoms with E-state index in [1.807, 2.05) is 0 Å². The third kappa shape index (κ3) is 6.22. The second-order valence-electron chi connectivity index (χ2n) is 6.84. The van der Waals surface area contributed by atoms with E-state index in [1.54, 1.807) is 49.4 Å². The Labute approximate surface area is 219 Å².